The minimum Gasteiger partial charge on any atom is -0.385 e. The molecule has 0 radical (unpaired) electrons. The summed E-state index contributed by atoms with van der Waals surface area (Å²) in [4.78, 5) is 16.6. The number of nitrogens with zero attached hydrogens (tertiary/aromatic N) is 2. The van der Waals surface area contributed by atoms with Crippen molar-refractivity contribution < 1.29 is 23.1 Å². The molecule has 1 amide bonds. The molecular formula is C23H28F3N3O2. The molecule has 2 saturated heterocycles. The zero-order valence-corrected chi connectivity index (χ0v) is 17.8. The molecule has 1 aromatic rings. The lowest BCUT2D eigenvalue weighted by Gasteiger charge is -2.54. The van der Waals surface area contributed by atoms with Crippen LogP contribution in [0.2, 0.25) is 0 Å². The molecule has 2 fully saturated rings. The number of hydrogen-bond donors (Lipinski definition) is 2. The number of likely N-dealkylation sites (N-methyl/N-ethyl adjacent to an activating group) is 1. The molecule has 1 aliphatic carbocycles. The van der Waals surface area contributed by atoms with Crippen LogP contribution in [0.1, 0.15) is 43.0 Å². The Hall–Kier alpha value is -2.32. The van der Waals surface area contributed by atoms with Crippen LogP contribution in [0, 0.1) is 11.6 Å². The molecule has 1 aromatic carbocycles. The molecular weight excluding hydrogens is 407 g/mol. The molecule has 2 heterocycles. The van der Waals surface area contributed by atoms with Crippen LogP contribution >= 0.6 is 0 Å². The first-order valence-corrected chi connectivity index (χ1v) is 10.7. The van der Waals surface area contributed by atoms with E-state index in [4.69, 9.17) is 0 Å². The SMILES string of the molecule is CC1=CC=C(Nc2c(C(=O)N3CC(O)(C4CCCCN4C)C3)ccc(F)c2F)C(F)C1. The van der Waals surface area contributed by atoms with E-state index in [0.29, 0.717) is 0 Å². The Balaban J connectivity index is 1.55. The minimum atomic E-state index is -1.40. The third kappa shape index (κ3) is 4.11. The quantitative estimate of drug-likeness (QED) is 0.759. The zero-order chi connectivity index (χ0) is 22.3. The van der Waals surface area contributed by atoms with Gasteiger partial charge < -0.3 is 20.2 Å². The minimum absolute atomic E-state index is 0.0393. The van der Waals surface area contributed by atoms with Gasteiger partial charge in [0, 0.05) is 12.5 Å². The van der Waals surface area contributed by atoms with Crippen LogP contribution in [0.15, 0.2) is 35.6 Å². The molecule has 0 aromatic heterocycles. The fraction of sp³-hybridized carbons (Fsp3) is 0.522. The van der Waals surface area contributed by atoms with E-state index in [1.807, 2.05) is 7.05 Å². The van der Waals surface area contributed by atoms with E-state index in [0.717, 1.165) is 37.4 Å². The summed E-state index contributed by atoms with van der Waals surface area (Å²) in [6.07, 6.45) is 4.88. The predicted octanol–water partition coefficient (Wildman–Crippen LogP) is 3.62. The third-order valence-corrected chi connectivity index (χ3v) is 6.59. The lowest BCUT2D eigenvalue weighted by Crippen LogP contribution is -2.72. The fourth-order valence-electron chi connectivity index (χ4n) is 4.81. The highest BCUT2D eigenvalue weighted by Gasteiger charge is 2.51. The van der Waals surface area contributed by atoms with Crippen LogP contribution in [0.5, 0.6) is 0 Å². The average Bonchev–Trinajstić information content (AvgIpc) is 2.71. The smallest absolute Gasteiger partial charge is 0.256 e. The summed E-state index contributed by atoms with van der Waals surface area (Å²) in [5.74, 6) is -2.88. The highest BCUT2D eigenvalue weighted by atomic mass is 19.2. The first kappa shape index (κ1) is 21.9. The number of halogens is 3. The average molecular weight is 435 g/mol. The van der Waals surface area contributed by atoms with Crippen molar-refractivity contribution >= 4 is 11.6 Å². The Morgan fingerprint density at radius 3 is 2.65 bits per heavy atom. The van der Waals surface area contributed by atoms with E-state index in [1.54, 1.807) is 13.0 Å². The second-order valence-electron chi connectivity index (χ2n) is 8.97. The number of nitrogens with one attached hydrogen (secondary N) is 1. The van der Waals surface area contributed by atoms with E-state index < -0.39 is 29.3 Å². The van der Waals surface area contributed by atoms with Crippen LogP contribution in [-0.4, -0.2) is 65.3 Å². The summed E-state index contributed by atoms with van der Waals surface area (Å²) in [7, 11) is 1.96. The first-order valence-electron chi connectivity index (χ1n) is 10.7. The van der Waals surface area contributed by atoms with Crippen molar-refractivity contribution in [3.63, 3.8) is 0 Å². The summed E-state index contributed by atoms with van der Waals surface area (Å²) >= 11 is 0. The zero-order valence-electron chi connectivity index (χ0n) is 17.8. The number of amides is 1. The van der Waals surface area contributed by atoms with Gasteiger partial charge in [-0.1, -0.05) is 18.1 Å². The van der Waals surface area contributed by atoms with Crippen LogP contribution in [-0.2, 0) is 0 Å². The van der Waals surface area contributed by atoms with Gasteiger partial charge in [0.05, 0.1) is 30.0 Å². The number of benzene rings is 1. The van der Waals surface area contributed by atoms with Gasteiger partial charge >= 0.3 is 0 Å². The molecule has 2 N–H and O–H groups in total. The molecule has 4 rings (SSSR count). The number of β-amino-alcohol motifs (C(OH)–C–C–N with tert-alkyl or cyclic N) is 1. The van der Waals surface area contributed by atoms with Crippen molar-refractivity contribution in [2.75, 3.05) is 32.0 Å². The van der Waals surface area contributed by atoms with E-state index in [2.05, 4.69) is 10.2 Å². The number of likely N-dealkylation sites (tertiary alicyclic amines) is 2. The van der Waals surface area contributed by atoms with Gasteiger partial charge in [0.1, 0.15) is 11.8 Å². The van der Waals surface area contributed by atoms with Gasteiger partial charge in [-0.2, -0.15) is 0 Å². The van der Waals surface area contributed by atoms with Gasteiger partial charge in [0.25, 0.3) is 5.91 Å². The topological polar surface area (TPSA) is 55.8 Å². The molecule has 2 aliphatic heterocycles. The lowest BCUT2D eigenvalue weighted by atomic mass is 9.80. The van der Waals surface area contributed by atoms with Gasteiger partial charge in [-0.05, 0) is 51.6 Å². The van der Waals surface area contributed by atoms with Crippen LogP contribution in [0.4, 0.5) is 18.9 Å². The van der Waals surface area contributed by atoms with Crippen LogP contribution in [0.25, 0.3) is 0 Å². The highest BCUT2D eigenvalue weighted by Crippen LogP contribution is 2.35. The van der Waals surface area contributed by atoms with Gasteiger partial charge in [-0.15, -0.1) is 0 Å². The molecule has 8 heteroatoms. The summed E-state index contributed by atoms with van der Waals surface area (Å²) < 4.78 is 43.0. The second kappa shape index (κ2) is 8.31. The van der Waals surface area contributed by atoms with Crippen molar-refractivity contribution in [2.24, 2.45) is 0 Å². The maximum Gasteiger partial charge on any atom is 0.256 e. The number of allylic oxidation sites excluding steroid dienone is 4. The highest BCUT2D eigenvalue weighted by molar-refractivity contribution is 6.00. The third-order valence-electron chi connectivity index (χ3n) is 6.59. The maximum absolute atomic E-state index is 14.6. The molecule has 5 nitrogen and oxygen atoms in total. The van der Waals surface area contributed by atoms with Crippen molar-refractivity contribution in [1.82, 2.24) is 9.80 Å². The first-order chi connectivity index (χ1) is 14.7. The number of piperidine rings is 1. The standard InChI is InChI=1S/C23H28F3N3O2/c1-14-6-9-18(17(25)11-14)27-21-15(7-8-16(24)20(21)26)22(30)29-12-23(31,13-29)19-5-3-4-10-28(19)2/h6-9,17,19,27,31H,3-5,10-13H2,1-2H3. The Morgan fingerprint density at radius 2 is 1.97 bits per heavy atom. The van der Waals surface area contributed by atoms with Crippen molar-refractivity contribution in [1.29, 1.82) is 0 Å². The Labute approximate surface area is 180 Å². The number of carbonyl (C=O) groups is 1. The van der Waals surface area contributed by atoms with Crippen LogP contribution < -0.4 is 5.32 Å². The molecule has 3 aliphatic rings. The van der Waals surface area contributed by atoms with Crippen LogP contribution in [0.3, 0.4) is 0 Å². The Bertz CT molecular complexity index is 940. The number of rotatable bonds is 4. The number of anilines is 1. The van der Waals surface area contributed by atoms with Gasteiger partial charge in [0.2, 0.25) is 0 Å². The second-order valence-corrected chi connectivity index (χ2v) is 8.97. The van der Waals surface area contributed by atoms with Gasteiger partial charge in [-0.3, -0.25) is 4.79 Å². The molecule has 0 saturated carbocycles. The molecule has 2 unspecified atom stereocenters. The molecule has 168 valence electrons. The largest absolute Gasteiger partial charge is 0.385 e. The molecule has 31 heavy (non-hydrogen) atoms. The Kier molecular flexibility index (Phi) is 5.87. The summed E-state index contributed by atoms with van der Waals surface area (Å²) in [6, 6.07) is 2.05. The Morgan fingerprint density at radius 1 is 1.23 bits per heavy atom. The molecule has 0 bridgehead atoms. The summed E-state index contributed by atoms with van der Waals surface area (Å²) in [5, 5.41) is 13.6. The van der Waals surface area contributed by atoms with Crippen molar-refractivity contribution in [3.8, 4) is 0 Å². The number of aliphatic hydroxyl groups is 1. The normalized spacial score (nSPS) is 26.1. The van der Waals surface area contributed by atoms with Crippen molar-refractivity contribution in [2.45, 2.75) is 50.4 Å². The maximum atomic E-state index is 14.6. The van der Waals surface area contributed by atoms with E-state index in [9.17, 15) is 23.1 Å². The summed E-state index contributed by atoms with van der Waals surface area (Å²) in [5.41, 5.74) is -0.570. The fourth-order valence-corrected chi connectivity index (χ4v) is 4.81. The van der Waals surface area contributed by atoms with Gasteiger partial charge in [0.15, 0.2) is 11.6 Å². The monoisotopic (exact) mass is 435 g/mol. The van der Waals surface area contributed by atoms with Gasteiger partial charge in [-0.25, -0.2) is 13.2 Å². The van der Waals surface area contributed by atoms with E-state index in [-0.39, 0.29) is 42.5 Å². The van der Waals surface area contributed by atoms with E-state index >= 15 is 0 Å². The lowest BCUT2D eigenvalue weighted by molar-refractivity contribution is -0.135. The number of hydrogen-bond acceptors (Lipinski definition) is 4. The van der Waals surface area contributed by atoms with E-state index in [1.165, 1.54) is 17.0 Å². The molecule has 2 atom stereocenters. The number of alkyl halides is 1. The van der Waals surface area contributed by atoms with Crippen molar-refractivity contribution in [3.05, 3.63) is 52.8 Å². The number of carbonyl (C=O) groups excluding carboxylic acids is 1. The molecule has 0 spiro atoms. The predicted molar refractivity (Wildman–Crippen MR) is 112 cm³/mol. The summed E-state index contributed by atoms with van der Waals surface area (Å²) in [6.45, 7) is 2.92.